The van der Waals surface area contributed by atoms with Gasteiger partial charge in [0.1, 0.15) is 11.2 Å². The first-order valence-electron chi connectivity index (χ1n) is 17.1. The molecule has 0 N–H and O–H groups in total. The van der Waals surface area contributed by atoms with Crippen LogP contribution in [-0.4, -0.2) is 9.55 Å². The maximum Gasteiger partial charge on any atom is 0.144 e. The van der Waals surface area contributed by atoms with Crippen molar-refractivity contribution in [1.82, 2.24) is 9.55 Å². The Hall–Kier alpha value is -6.71. The number of fused-ring (bicyclic) bond motifs is 11. The van der Waals surface area contributed by atoms with Crippen molar-refractivity contribution in [3.63, 3.8) is 0 Å². The van der Waals surface area contributed by atoms with Crippen LogP contribution in [0.15, 0.2) is 174 Å². The van der Waals surface area contributed by atoms with Crippen LogP contribution in [0.4, 0.5) is 0 Å². The molecule has 3 nitrogen and oxygen atoms in total. The average Bonchev–Trinajstić information content (AvgIpc) is 3.72. The number of nitrogens with zero attached hydrogens (tertiary/aromatic N) is 2. The Morgan fingerprint density at radius 3 is 1.98 bits per heavy atom. The molecular weight excluding hydrogens is 609 g/mol. The highest BCUT2D eigenvalue weighted by Gasteiger charge is 2.21. The van der Waals surface area contributed by atoms with Crippen molar-refractivity contribution in [2.75, 3.05) is 0 Å². The molecule has 0 saturated carbocycles. The molecule has 0 atom stereocenters. The molecule has 0 fully saturated rings. The van der Waals surface area contributed by atoms with E-state index in [1.807, 2.05) is 6.07 Å². The smallest absolute Gasteiger partial charge is 0.144 e. The Labute approximate surface area is 287 Å². The number of rotatable bonds is 3. The molecular formula is C47H28N2O. The number of para-hydroxylation sites is 4. The summed E-state index contributed by atoms with van der Waals surface area (Å²) in [5, 5.41) is 10.4. The third-order valence-corrected chi connectivity index (χ3v) is 10.4. The van der Waals surface area contributed by atoms with E-state index in [1.165, 1.54) is 32.6 Å². The summed E-state index contributed by atoms with van der Waals surface area (Å²) < 4.78 is 9.54. The lowest BCUT2D eigenvalue weighted by Gasteiger charge is -2.14. The van der Waals surface area contributed by atoms with Gasteiger partial charge in [-0.3, -0.25) is 0 Å². The molecule has 0 amide bonds. The van der Waals surface area contributed by atoms with Crippen LogP contribution in [0.25, 0.3) is 104 Å². The van der Waals surface area contributed by atoms with E-state index in [1.54, 1.807) is 0 Å². The van der Waals surface area contributed by atoms with Crippen LogP contribution in [0, 0.1) is 0 Å². The molecule has 11 aromatic rings. The van der Waals surface area contributed by atoms with Gasteiger partial charge in [-0.15, -0.1) is 0 Å². The zero-order valence-corrected chi connectivity index (χ0v) is 27.0. The Morgan fingerprint density at radius 1 is 0.420 bits per heavy atom. The molecule has 232 valence electrons. The molecule has 0 radical (unpaired) electrons. The first-order chi connectivity index (χ1) is 24.8. The molecule has 0 aliphatic rings. The molecule has 0 aliphatic carbocycles. The molecule has 0 saturated heterocycles. The normalized spacial score (nSPS) is 12.0. The number of hydrogen-bond donors (Lipinski definition) is 0. The van der Waals surface area contributed by atoms with Gasteiger partial charge in [0.15, 0.2) is 0 Å². The maximum atomic E-state index is 7.12. The van der Waals surface area contributed by atoms with Gasteiger partial charge in [-0.25, -0.2) is 4.98 Å². The van der Waals surface area contributed by atoms with Crippen molar-refractivity contribution in [3.05, 3.63) is 170 Å². The lowest BCUT2D eigenvalue weighted by atomic mass is 9.97. The van der Waals surface area contributed by atoms with Crippen LogP contribution in [0.3, 0.4) is 0 Å². The van der Waals surface area contributed by atoms with Gasteiger partial charge in [0.25, 0.3) is 0 Å². The van der Waals surface area contributed by atoms with Crippen LogP contribution >= 0.6 is 0 Å². The predicted octanol–water partition coefficient (Wildman–Crippen LogP) is 12.9. The molecule has 0 unspecified atom stereocenters. The zero-order chi connectivity index (χ0) is 32.8. The van der Waals surface area contributed by atoms with E-state index in [4.69, 9.17) is 9.40 Å². The second kappa shape index (κ2) is 10.4. The maximum absolute atomic E-state index is 7.12. The molecule has 3 heterocycles. The van der Waals surface area contributed by atoms with Crippen molar-refractivity contribution in [2.24, 2.45) is 0 Å². The lowest BCUT2D eigenvalue weighted by molar-refractivity contribution is 0.674. The summed E-state index contributed by atoms with van der Waals surface area (Å²) in [7, 11) is 0. The summed E-state index contributed by atoms with van der Waals surface area (Å²) >= 11 is 0. The topological polar surface area (TPSA) is 31.0 Å². The number of benzene rings is 8. The SMILES string of the molecule is c1ccc(-c2nc3ccccc3c3c2ccc2c4cccc(-c5ccccc5-n5c6ccccc6c6cc7ccccc7cc65)c4oc23)cc1. The van der Waals surface area contributed by atoms with E-state index in [2.05, 4.69) is 168 Å². The quantitative estimate of drug-likeness (QED) is 0.181. The Morgan fingerprint density at radius 2 is 1.08 bits per heavy atom. The minimum Gasteiger partial charge on any atom is -0.455 e. The largest absolute Gasteiger partial charge is 0.455 e. The van der Waals surface area contributed by atoms with Crippen LogP contribution in [0.2, 0.25) is 0 Å². The Kier molecular flexibility index (Phi) is 5.67. The van der Waals surface area contributed by atoms with Crippen LogP contribution in [0.5, 0.6) is 0 Å². The third-order valence-electron chi connectivity index (χ3n) is 10.4. The minimum absolute atomic E-state index is 0.885. The van der Waals surface area contributed by atoms with Crippen LogP contribution < -0.4 is 0 Å². The first-order valence-corrected chi connectivity index (χ1v) is 17.1. The van der Waals surface area contributed by atoms with Gasteiger partial charge in [0.05, 0.1) is 27.9 Å². The van der Waals surface area contributed by atoms with Gasteiger partial charge in [-0.05, 0) is 47.2 Å². The van der Waals surface area contributed by atoms with E-state index >= 15 is 0 Å². The molecule has 0 aliphatic heterocycles. The van der Waals surface area contributed by atoms with E-state index in [9.17, 15) is 0 Å². The van der Waals surface area contributed by atoms with Crippen LogP contribution in [0.1, 0.15) is 0 Å². The molecule has 3 heteroatoms. The van der Waals surface area contributed by atoms with Gasteiger partial charge in [0.2, 0.25) is 0 Å². The molecule has 0 spiro atoms. The van der Waals surface area contributed by atoms with Crippen molar-refractivity contribution in [3.8, 4) is 28.1 Å². The highest BCUT2D eigenvalue weighted by atomic mass is 16.3. The average molecular weight is 637 g/mol. The van der Waals surface area contributed by atoms with Gasteiger partial charge in [-0.1, -0.05) is 133 Å². The molecule has 3 aromatic heterocycles. The molecule has 11 rings (SSSR count). The monoisotopic (exact) mass is 636 g/mol. The molecule has 50 heavy (non-hydrogen) atoms. The summed E-state index contributed by atoms with van der Waals surface area (Å²) in [5.41, 5.74) is 10.5. The molecule has 0 bridgehead atoms. The van der Waals surface area contributed by atoms with E-state index in [-0.39, 0.29) is 0 Å². The van der Waals surface area contributed by atoms with Gasteiger partial charge >= 0.3 is 0 Å². The number of furan rings is 1. The standard InChI is InChI=1S/C47H28N2O/c1-2-13-29(14-3-1)45-38-26-25-36-35-21-12-20-34(46(35)50-47(36)44(38)37-19-6-9-22-40(37)48-45)32-17-7-10-23-41(32)49-42-24-11-8-18-33(42)39-27-30-15-4-5-16-31(30)28-43(39)49/h1-28H. The summed E-state index contributed by atoms with van der Waals surface area (Å²) in [6.45, 7) is 0. The van der Waals surface area contributed by atoms with Crippen molar-refractivity contribution in [1.29, 1.82) is 0 Å². The number of aromatic nitrogens is 2. The predicted molar refractivity (Wildman–Crippen MR) is 209 cm³/mol. The lowest BCUT2D eigenvalue weighted by Crippen LogP contribution is -1.97. The Balaban J connectivity index is 1.22. The number of hydrogen-bond acceptors (Lipinski definition) is 2. The second-order valence-electron chi connectivity index (χ2n) is 13.1. The van der Waals surface area contributed by atoms with E-state index in [0.29, 0.717) is 0 Å². The van der Waals surface area contributed by atoms with Crippen molar-refractivity contribution < 1.29 is 4.42 Å². The minimum atomic E-state index is 0.885. The number of pyridine rings is 1. The fraction of sp³-hybridized carbons (Fsp3) is 0. The second-order valence-corrected chi connectivity index (χ2v) is 13.1. The first kappa shape index (κ1) is 27.3. The molecule has 8 aromatic carbocycles. The zero-order valence-electron chi connectivity index (χ0n) is 27.0. The fourth-order valence-corrected chi connectivity index (χ4v) is 8.13. The van der Waals surface area contributed by atoms with Gasteiger partial charge in [0, 0.05) is 54.4 Å². The van der Waals surface area contributed by atoms with E-state index < -0.39 is 0 Å². The van der Waals surface area contributed by atoms with Crippen molar-refractivity contribution >= 4 is 76.2 Å². The summed E-state index contributed by atoms with van der Waals surface area (Å²) in [6.07, 6.45) is 0. The summed E-state index contributed by atoms with van der Waals surface area (Å²) in [5.74, 6) is 0. The highest BCUT2D eigenvalue weighted by Crippen LogP contribution is 2.44. The van der Waals surface area contributed by atoms with Crippen molar-refractivity contribution in [2.45, 2.75) is 0 Å². The fourth-order valence-electron chi connectivity index (χ4n) is 8.13. The third kappa shape index (κ3) is 3.83. The summed E-state index contributed by atoms with van der Waals surface area (Å²) in [4.78, 5) is 5.16. The van der Waals surface area contributed by atoms with E-state index in [0.717, 1.165) is 71.7 Å². The summed E-state index contributed by atoms with van der Waals surface area (Å²) in [6, 6.07) is 60.6. The highest BCUT2D eigenvalue weighted by molar-refractivity contribution is 6.25. The van der Waals surface area contributed by atoms with Crippen LogP contribution in [-0.2, 0) is 0 Å². The van der Waals surface area contributed by atoms with Gasteiger partial charge < -0.3 is 8.98 Å². The van der Waals surface area contributed by atoms with Gasteiger partial charge in [-0.2, -0.15) is 0 Å². The Bertz CT molecular complexity index is 3150.